The Balaban J connectivity index is 3.32. The van der Waals surface area contributed by atoms with Gasteiger partial charge in [-0.25, -0.2) is 8.42 Å². The van der Waals surface area contributed by atoms with Crippen LogP contribution in [0.1, 0.15) is 18.9 Å². The molecule has 0 amide bonds. The molecular weight excluding hydrogens is 332 g/mol. The summed E-state index contributed by atoms with van der Waals surface area (Å²) in [7, 11) is -3.64. The minimum Gasteiger partial charge on any atom is -0.398 e. The van der Waals surface area contributed by atoms with Crippen LogP contribution in [0.2, 0.25) is 0 Å². The largest absolute Gasteiger partial charge is 0.398 e. The molecular formula is C12H19BrN2O3S. The quantitative estimate of drug-likeness (QED) is 0.765. The molecule has 1 aromatic carbocycles. The number of benzene rings is 1. The van der Waals surface area contributed by atoms with Crippen molar-refractivity contribution in [2.45, 2.75) is 25.2 Å². The van der Waals surface area contributed by atoms with Gasteiger partial charge in [-0.2, -0.15) is 4.31 Å². The zero-order valence-electron chi connectivity index (χ0n) is 11.1. The van der Waals surface area contributed by atoms with Crippen LogP contribution in [0, 0.1) is 6.92 Å². The summed E-state index contributed by atoms with van der Waals surface area (Å²) in [4.78, 5) is 0.182. The molecule has 0 unspecified atom stereocenters. The Morgan fingerprint density at radius 1 is 1.37 bits per heavy atom. The Kier molecular flexibility index (Phi) is 5.79. The fraction of sp³-hybridized carbons (Fsp3) is 0.500. The fourth-order valence-electron chi connectivity index (χ4n) is 1.79. The first-order valence-electron chi connectivity index (χ1n) is 6.01. The number of hydrogen-bond donors (Lipinski definition) is 2. The third-order valence-electron chi connectivity index (χ3n) is 2.81. The number of aliphatic hydroxyl groups excluding tert-OH is 1. The monoisotopic (exact) mass is 350 g/mol. The summed E-state index contributed by atoms with van der Waals surface area (Å²) in [5.41, 5.74) is 6.76. The van der Waals surface area contributed by atoms with E-state index in [0.717, 1.165) is 0 Å². The summed E-state index contributed by atoms with van der Waals surface area (Å²) in [6, 6.07) is 3.21. The highest BCUT2D eigenvalue weighted by Crippen LogP contribution is 2.28. The average molecular weight is 351 g/mol. The van der Waals surface area contributed by atoms with Gasteiger partial charge in [-0.15, -0.1) is 0 Å². The minimum absolute atomic E-state index is 0.0853. The minimum atomic E-state index is -3.64. The second-order valence-electron chi connectivity index (χ2n) is 4.25. The molecule has 0 heterocycles. The number of rotatable bonds is 6. The molecule has 0 aliphatic rings. The van der Waals surface area contributed by atoms with Gasteiger partial charge in [0, 0.05) is 23.2 Å². The van der Waals surface area contributed by atoms with E-state index in [1.165, 1.54) is 4.31 Å². The molecule has 0 spiro atoms. The molecule has 0 aliphatic heterocycles. The van der Waals surface area contributed by atoms with Crippen molar-refractivity contribution in [1.29, 1.82) is 0 Å². The highest BCUT2D eigenvalue weighted by Gasteiger charge is 2.26. The van der Waals surface area contributed by atoms with Crippen molar-refractivity contribution < 1.29 is 13.5 Å². The van der Waals surface area contributed by atoms with Gasteiger partial charge in [0.1, 0.15) is 0 Å². The van der Waals surface area contributed by atoms with E-state index in [-0.39, 0.29) is 18.0 Å². The van der Waals surface area contributed by atoms with Gasteiger partial charge in [-0.1, -0.05) is 22.9 Å². The van der Waals surface area contributed by atoms with Gasteiger partial charge in [-0.3, -0.25) is 0 Å². The lowest BCUT2D eigenvalue weighted by atomic mass is 10.2. The van der Waals surface area contributed by atoms with Crippen LogP contribution < -0.4 is 5.73 Å². The normalized spacial score (nSPS) is 12.1. The highest BCUT2D eigenvalue weighted by molar-refractivity contribution is 9.10. The molecule has 0 aromatic heterocycles. The lowest BCUT2D eigenvalue weighted by Crippen LogP contribution is -2.34. The zero-order valence-corrected chi connectivity index (χ0v) is 13.5. The third-order valence-corrected chi connectivity index (χ3v) is 5.29. The maximum Gasteiger partial charge on any atom is 0.243 e. The van der Waals surface area contributed by atoms with Gasteiger partial charge in [-0.05, 0) is 31.0 Å². The van der Waals surface area contributed by atoms with Gasteiger partial charge in [0.2, 0.25) is 10.0 Å². The average Bonchev–Trinajstić information content (AvgIpc) is 2.33. The zero-order chi connectivity index (χ0) is 14.6. The number of hydrogen-bond acceptors (Lipinski definition) is 4. The summed E-state index contributed by atoms with van der Waals surface area (Å²) in [5.74, 6) is 0. The van der Waals surface area contributed by atoms with Crippen LogP contribution in [-0.4, -0.2) is 37.5 Å². The predicted molar refractivity (Wildman–Crippen MR) is 79.4 cm³/mol. The smallest absolute Gasteiger partial charge is 0.243 e. The van der Waals surface area contributed by atoms with Crippen molar-refractivity contribution in [2.75, 3.05) is 25.4 Å². The summed E-state index contributed by atoms with van der Waals surface area (Å²) >= 11 is 3.25. The molecule has 1 rings (SSSR count). The van der Waals surface area contributed by atoms with Gasteiger partial charge < -0.3 is 10.8 Å². The maximum absolute atomic E-state index is 12.6. The van der Waals surface area contributed by atoms with Gasteiger partial charge in [0.05, 0.1) is 11.5 Å². The van der Waals surface area contributed by atoms with E-state index >= 15 is 0 Å². The number of anilines is 1. The molecule has 0 saturated carbocycles. The second kappa shape index (κ2) is 6.69. The number of sulfonamides is 1. The number of halogens is 1. The van der Waals surface area contributed by atoms with Crippen molar-refractivity contribution >= 4 is 31.6 Å². The van der Waals surface area contributed by atoms with E-state index < -0.39 is 10.0 Å². The molecule has 0 radical (unpaired) electrons. The number of nitrogens with zero attached hydrogens (tertiary/aromatic N) is 1. The van der Waals surface area contributed by atoms with Crippen LogP contribution in [0.3, 0.4) is 0 Å². The van der Waals surface area contributed by atoms with E-state index in [2.05, 4.69) is 15.9 Å². The van der Waals surface area contributed by atoms with Gasteiger partial charge >= 0.3 is 0 Å². The Morgan fingerprint density at radius 2 is 2.00 bits per heavy atom. The van der Waals surface area contributed by atoms with Crippen LogP contribution >= 0.6 is 15.9 Å². The molecule has 3 N–H and O–H groups in total. The van der Waals surface area contributed by atoms with E-state index in [1.807, 2.05) is 6.92 Å². The van der Waals surface area contributed by atoms with Crippen LogP contribution in [-0.2, 0) is 10.0 Å². The molecule has 5 nitrogen and oxygen atoms in total. The van der Waals surface area contributed by atoms with Crippen LogP contribution in [0.5, 0.6) is 0 Å². The Labute approximate surface area is 122 Å². The molecule has 1 aromatic rings. The highest BCUT2D eigenvalue weighted by atomic mass is 79.9. The fourth-order valence-corrected chi connectivity index (χ4v) is 4.23. The maximum atomic E-state index is 12.6. The summed E-state index contributed by atoms with van der Waals surface area (Å²) in [6.45, 7) is 3.82. The molecule has 19 heavy (non-hydrogen) atoms. The molecule has 0 saturated heterocycles. The van der Waals surface area contributed by atoms with Gasteiger partial charge in [0.15, 0.2) is 0 Å². The van der Waals surface area contributed by atoms with Crippen molar-refractivity contribution in [3.63, 3.8) is 0 Å². The Bertz CT molecular complexity index is 540. The first-order valence-corrected chi connectivity index (χ1v) is 8.24. The van der Waals surface area contributed by atoms with Crippen molar-refractivity contribution in [3.8, 4) is 0 Å². The first-order chi connectivity index (χ1) is 8.84. The topological polar surface area (TPSA) is 83.6 Å². The summed E-state index contributed by atoms with van der Waals surface area (Å²) < 4.78 is 27.1. The van der Waals surface area contributed by atoms with Crippen molar-refractivity contribution in [3.05, 3.63) is 22.2 Å². The summed E-state index contributed by atoms with van der Waals surface area (Å²) in [6.07, 6.45) is 0.682. The molecule has 108 valence electrons. The number of aliphatic hydroxyl groups is 1. The van der Waals surface area contributed by atoms with Crippen LogP contribution in [0.4, 0.5) is 5.69 Å². The first kappa shape index (κ1) is 16.4. The van der Waals surface area contributed by atoms with Crippen LogP contribution in [0.15, 0.2) is 21.5 Å². The summed E-state index contributed by atoms with van der Waals surface area (Å²) in [5, 5.41) is 9.01. The number of nitrogens with two attached hydrogens (primary N) is 1. The van der Waals surface area contributed by atoms with E-state index in [4.69, 9.17) is 10.8 Å². The van der Waals surface area contributed by atoms with E-state index in [9.17, 15) is 8.42 Å². The van der Waals surface area contributed by atoms with Gasteiger partial charge in [0.25, 0.3) is 0 Å². The molecule has 0 aliphatic carbocycles. The van der Waals surface area contributed by atoms with Crippen molar-refractivity contribution in [1.82, 2.24) is 4.31 Å². The van der Waals surface area contributed by atoms with E-state index in [0.29, 0.717) is 28.7 Å². The Morgan fingerprint density at radius 3 is 2.53 bits per heavy atom. The number of nitrogen functional groups attached to an aromatic ring is 1. The van der Waals surface area contributed by atoms with Crippen molar-refractivity contribution in [2.24, 2.45) is 0 Å². The standard InChI is InChI=1S/C12H19BrN2O3S/c1-3-4-15(5-6-16)19(17,18)12-8-10(13)7-11(14)9(12)2/h7-8,16H,3-6,14H2,1-2H3. The third kappa shape index (κ3) is 3.68. The van der Waals surface area contributed by atoms with Crippen LogP contribution in [0.25, 0.3) is 0 Å². The SMILES string of the molecule is CCCN(CCO)S(=O)(=O)c1cc(Br)cc(N)c1C. The molecule has 7 heteroatoms. The lowest BCUT2D eigenvalue weighted by Gasteiger charge is -2.22. The van der Waals surface area contributed by atoms with E-state index in [1.54, 1.807) is 19.1 Å². The second-order valence-corrected chi connectivity index (χ2v) is 7.07. The molecule has 0 fully saturated rings. The Hall–Kier alpha value is -0.630. The lowest BCUT2D eigenvalue weighted by molar-refractivity contribution is 0.253. The predicted octanol–water partition coefficient (Wildman–Crippen LogP) is 1.73. The molecule has 0 atom stereocenters. The molecule has 0 bridgehead atoms.